The van der Waals surface area contributed by atoms with Crippen molar-refractivity contribution in [3.8, 4) is 23.0 Å². The average molecular weight is 266 g/mol. The predicted octanol–water partition coefficient (Wildman–Crippen LogP) is 3.40. The molecule has 100 valence electrons. The van der Waals surface area contributed by atoms with E-state index in [0.29, 0.717) is 12.5 Å². The Morgan fingerprint density at radius 3 is 3.15 bits per heavy atom. The van der Waals surface area contributed by atoms with Gasteiger partial charge in [-0.1, -0.05) is 25.3 Å². The molecule has 1 unspecified atom stereocenters. The standard InChI is InChI=1S/C15H15BN2O2/c1-16(9-17)7-11-5-6-20-15-12(11)3-2-4-13(15)14-8-19-10-18-14/h2-4,8,10-11H,5-7H2,1H3. The van der Waals surface area contributed by atoms with E-state index >= 15 is 0 Å². The summed E-state index contributed by atoms with van der Waals surface area (Å²) >= 11 is 0. The smallest absolute Gasteiger partial charge is 0.265 e. The van der Waals surface area contributed by atoms with Crippen LogP contribution in [0.4, 0.5) is 0 Å². The van der Waals surface area contributed by atoms with Gasteiger partial charge in [-0.2, -0.15) is 0 Å². The zero-order chi connectivity index (χ0) is 13.9. The van der Waals surface area contributed by atoms with Crippen molar-refractivity contribution >= 4 is 6.71 Å². The van der Waals surface area contributed by atoms with Crippen molar-refractivity contribution in [2.24, 2.45) is 0 Å². The first-order chi connectivity index (χ1) is 9.79. The van der Waals surface area contributed by atoms with Crippen LogP contribution in [0.2, 0.25) is 13.1 Å². The number of fused-ring (bicyclic) bond motifs is 1. The summed E-state index contributed by atoms with van der Waals surface area (Å²) in [5, 5.41) is 9.01. The molecule has 1 aliphatic rings. The molecule has 5 heteroatoms. The predicted molar refractivity (Wildman–Crippen MR) is 76.8 cm³/mol. The molecular weight excluding hydrogens is 251 g/mol. The zero-order valence-electron chi connectivity index (χ0n) is 11.4. The van der Waals surface area contributed by atoms with Crippen molar-refractivity contribution in [1.29, 1.82) is 5.26 Å². The summed E-state index contributed by atoms with van der Waals surface area (Å²) in [6.45, 7) is 2.71. The van der Waals surface area contributed by atoms with Crippen LogP contribution in [-0.4, -0.2) is 18.3 Å². The van der Waals surface area contributed by atoms with E-state index in [2.05, 4.69) is 17.0 Å². The molecule has 0 aliphatic carbocycles. The molecule has 1 atom stereocenters. The fourth-order valence-corrected chi connectivity index (χ4v) is 2.77. The average Bonchev–Trinajstić information content (AvgIpc) is 3.01. The second-order valence-electron chi connectivity index (χ2n) is 5.20. The van der Waals surface area contributed by atoms with Gasteiger partial charge in [0.15, 0.2) is 6.39 Å². The number of hydrogen-bond acceptors (Lipinski definition) is 4. The summed E-state index contributed by atoms with van der Waals surface area (Å²) in [6, 6.07) is 6.10. The second kappa shape index (κ2) is 5.42. The van der Waals surface area contributed by atoms with Gasteiger partial charge < -0.3 is 9.15 Å². The van der Waals surface area contributed by atoms with Crippen molar-refractivity contribution in [1.82, 2.24) is 4.98 Å². The fourth-order valence-electron chi connectivity index (χ4n) is 2.77. The Bertz CT molecular complexity index is 634. The molecule has 20 heavy (non-hydrogen) atoms. The van der Waals surface area contributed by atoms with Crippen LogP contribution in [0, 0.1) is 11.2 Å². The number of hydrogen-bond donors (Lipinski definition) is 0. The summed E-state index contributed by atoms with van der Waals surface area (Å²) in [7, 11) is 0. The number of aromatic nitrogens is 1. The fraction of sp³-hybridized carbons (Fsp3) is 0.333. The van der Waals surface area contributed by atoms with E-state index in [0.717, 1.165) is 29.7 Å². The highest BCUT2D eigenvalue weighted by Gasteiger charge is 2.27. The Morgan fingerprint density at radius 2 is 2.40 bits per heavy atom. The Kier molecular flexibility index (Phi) is 3.47. The maximum absolute atomic E-state index is 9.01. The van der Waals surface area contributed by atoms with E-state index in [9.17, 15) is 0 Å². The third-order valence-electron chi connectivity index (χ3n) is 3.76. The Labute approximate surface area is 118 Å². The lowest BCUT2D eigenvalue weighted by molar-refractivity contribution is 0.273. The third-order valence-corrected chi connectivity index (χ3v) is 3.76. The van der Waals surface area contributed by atoms with Gasteiger partial charge in [0.05, 0.1) is 6.61 Å². The lowest BCUT2D eigenvalue weighted by Crippen LogP contribution is -2.19. The molecule has 1 aromatic carbocycles. The molecule has 0 saturated heterocycles. The van der Waals surface area contributed by atoms with Gasteiger partial charge in [0.1, 0.15) is 17.7 Å². The molecular formula is C15H15BN2O2. The van der Waals surface area contributed by atoms with E-state index in [1.165, 1.54) is 12.0 Å². The van der Waals surface area contributed by atoms with Gasteiger partial charge >= 0.3 is 0 Å². The minimum absolute atomic E-state index is 0.0571. The van der Waals surface area contributed by atoms with Gasteiger partial charge in [-0.25, -0.2) is 10.2 Å². The van der Waals surface area contributed by atoms with Crippen molar-refractivity contribution in [3.05, 3.63) is 36.4 Å². The van der Waals surface area contributed by atoms with Crippen LogP contribution >= 0.6 is 0 Å². The summed E-state index contributed by atoms with van der Waals surface area (Å²) in [5.74, 6) is 3.58. The van der Waals surface area contributed by atoms with Crippen LogP contribution in [0.3, 0.4) is 0 Å². The van der Waals surface area contributed by atoms with Crippen LogP contribution in [0.1, 0.15) is 17.9 Å². The van der Waals surface area contributed by atoms with Crippen molar-refractivity contribution < 1.29 is 9.15 Å². The third kappa shape index (κ3) is 2.29. The lowest BCUT2D eigenvalue weighted by Gasteiger charge is -2.27. The molecule has 3 rings (SSSR count). The quantitative estimate of drug-likeness (QED) is 0.799. The zero-order valence-corrected chi connectivity index (χ0v) is 11.4. The first-order valence-electron chi connectivity index (χ1n) is 6.83. The number of nitrogens with zero attached hydrogens (tertiary/aromatic N) is 2. The van der Waals surface area contributed by atoms with Crippen LogP contribution < -0.4 is 4.74 Å². The van der Waals surface area contributed by atoms with Crippen LogP contribution in [0.25, 0.3) is 11.3 Å². The highest BCUT2D eigenvalue weighted by Crippen LogP contribution is 2.42. The van der Waals surface area contributed by atoms with Gasteiger partial charge in [0.2, 0.25) is 0 Å². The van der Waals surface area contributed by atoms with Crippen LogP contribution in [0.5, 0.6) is 5.75 Å². The van der Waals surface area contributed by atoms with Crippen LogP contribution in [-0.2, 0) is 0 Å². The number of benzene rings is 1. The molecule has 0 amide bonds. The number of ether oxygens (including phenoxy) is 1. The SMILES string of the molecule is CB(C#N)CC1CCOc2c(-c3cocn3)cccc21. The number of para-hydroxylation sites is 1. The Balaban J connectivity index is 1.99. The van der Waals surface area contributed by atoms with E-state index in [-0.39, 0.29) is 6.71 Å². The Hall–Kier alpha value is -2.22. The summed E-state index contributed by atoms with van der Waals surface area (Å²) in [4.78, 5) is 4.20. The Morgan fingerprint density at radius 1 is 1.50 bits per heavy atom. The molecule has 0 radical (unpaired) electrons. The second-order valence-corrected chi connectivity index (χ2v) is 5.20. The normalized spacial score (nSPS) is 16.9. The molecule has 0 fully saturated rings. The molecule has 1 aromatic heterocycles. The molecule has 1 aliphatic heterocycles. The lowest BCUT2D eigenvalue weighted by atomic mass is 9.48. The molecule has 2 aromatic rings. The number of oxazole rings is 1. The van der Waals surface area contributed by atoms with E-state index in [4.69, 9.17) is 14.4 Å². The van der Waals surface area contributed by atoms with Crippen molar-refractivity contribution in [3.63, 3.8) is 0 Å². The maximum atomic E-state index is 9.01. The first-order valence-corrected chi connectivity index (χ1v) is 6.83. The minimum atomic E-state index is 0.0571. The van der Waals surface area contributed by atoms with Crippen molar-refractivity contribution in [2.75, 3.05) is 6.61 Å². The molecule has 0 saturated carbocycles. The maximum Gasteiger partial charge on any atom is 0.265 e. The molecule has 0 bridgehead atoms. The highest BCUT2D eigenvalue weighted by atomic mass is 16.5. The summed E-state index contributed by atoms with van der Waals surface area (Å²) in [6.07, 6.45) is 4.88. The van der Waals surface area contributed by atoms with Gasteiger partial charge in [-0.3, -0.25) is 0 Å². The van der Waals surface area contributed by atoms with Gasteiger partial charge in [0.25, 0.3) is 6.71 Å². The highest BCUT2D eigenvalue weighted by molar-refractivity contribution is 6.65. The van der Waals surface area contributed by atoms with Crippen LogP contribution in [0.15, 0.2) is 35.3 Å². The van der Waals surface area contributed by atoms with E-state index in [1.54, 1.807) is 6.26 Å². The summed E-state index contributed by atoms with van der Waals surface area (Å²) < 4.78 is 10.9. The minimum Gasteiger partial charge on any atom is -0.493 e. The van der Waals surface area contributed by atoms with Crippen molar-refractivity contribution in [2.45, 2.75) is 25.5 Å². The van der Waals surface area contributed by atoms with E-state index < -0.39 is 0 Å². The first kappa shape index (κ1) is 12.8. The molecule has 0 spiro atoms. The molecule has 4 nitrogen and oxygen atoms in total. The summed E-state index contributed by atoms with van der Waals surface area (Å²) in [5.41, 5.74) is 2.93. The molecule has 0 N–H and O–H groups in total. The monoisotopic (exact) mass is 266 g/mol. The number of rotatable bonds is 3. The van der Waals surface area contributed by atoms with Gasteiger partial charge in [-0.05, 0) is 24.0 Å². The topological polar surface area (TPSA) is 59.0 Å². The number of nitriles is 1. The van der Waals surface area contributed by atoms with Gasteiger partial charge in [0, 0.05) is 11.5 Å². The largest absolute Gasteiger partial charge is 0.493 e. The molecule has 2 heterocycles. The van der Waals surface area contributed by atoms with Gasteiger partial charge in [-0.15, -0.1) is 0 Å². The van der Waals surface area contributed by atoms with E-state index in [1.807, 2.05) is 19.0 Å².